The molecule has 1 unspecified atom stereocenters. The minimum Gasteiger partial charge on any atom is -0.378 e. The predicted octanol–water partition coefficient (Wildman–Crippen LogP) is 3.78. The molecule has 114 valence electrons. The number of aromatic nitrogens is 2. The zero-order chi connectivity index (χ0) is 15.8. The Balaban J connectivity index is 1.87. The monoisotopic (exact) mass is 302 g/mol. The number of nitrogens with zero attached hydrogens (tertiary/aromatic N) is 3. The summed E-state index contributed by atoms with van der Waals surface area (Å²) in [5, 5.41) is 3.41. The summed E-state index contributed by atoms with van der Waals surface area (Å²) < 4.78 is 0. The lowest BCUT2D eigenvalue weighted by Gasteiger charge is -2.28. The molecule has 23 heavy (non-hydrogen) atoms. The van der Waals surface area contributed by atoms with E-state index in [4.69, 9.17) is 0 Å². The lowest BCUT2D eigenvalue weighted by atomic mass is 9.83. The fourth-order valence-electron chi connectivity index (χ4n) is 3.14. The molecule has 3 aromatic rings. The third kappa shape index (κ3) is 2.32. The number of fused-ring (bicyclic) bond motifs is 2. The van der Waals surface area contributed by atoms with E-state index in [2.05, 4.69) is 76.7 Å². The highest BCUT2D eigenvalue weighted by Gasteiger charge is 2.27. The molecule has 2 heterocycles. The molecule has 0 aliphatic carbocycles. The third-order valence-corrected chi connectivity index (χ3v) is 4.32. The Kier molecular flexibility index (Phi) is 3.23. The van der Waals surface area contributed by atoms with Crippen molar-refractivity contribution in [3.63, 3.8) is 0 Å². The van der Waals surface area contributed by atoms with Crippen molar-refractivity contribution in [3.8, 4) is 0 Å². The van der Waals surface area contributed by atoms with Gasteiger partial charge in [0.05, 0.1) is 0 Å². The van der Waals surface area contributed by atoms with E-state index in [0.29, 0.717) is 0 Å². The van der Waals surface area contributed by atoms with Gasteiger partial charge in [0.25, 0.3) is 0 Å². The van der Waals surface area contributed by atoms with Crippen molar-refractivity contribution >= 4 is 17.2 Å². The molecule has 0 saturated heterocycles. The first-order chi connectivity index (χ1) is 11.2. The Morgan fingerprint density at radius 1 is 0.957 bits per heavy atom. The number of rotatable bonds is 2. The molecule has 4 nitrogen and oxygen atoms in total. The van der Waals surface area contributed by atoms with Gasteiger partial charge in [0.2, 0.25) is 0 Å². The molecule has 1 aromatic heterocycles. The van der Waals surface area contributed by atoms with Gasteiger partial charge in [-0.05, 0) is 29.3 Å². The van der Waals surface area contributed by atoms with E-state index >= 15 is 0 Å². The molecule has 1 atom stereocenters. The van der Waals surface area contributed by atoms with E-state index in [0.717, 1.165) is 17.1 Å². The van der Waals surface area contributed by atoms with Crippen molar-refractivity contribution in [3.05, 3.63) is 77.7 Å². The zero-order valence-electron chi connectivity index (χ0n) is 13.2. The minimum atomic E-state index is 0.153. The fourth-order valence-corrected chi connectivity index (χ4v) is 3.14. The second-order valence-corrected chi connectivity index (χ2v) is 5.96. The van der Waals surface area contributed by atoms with Crippen molar-refractivity contribution in [1.29, 1.82) is 0 Å². The summed E-state index contributed by atoms with van der Waals surface area (Å²) in [5.74, 6) is 1.04. The van der Waals surface area contributed by atoms with E-state index in [1.165, 1.54) is 16.8 Å². The van der Waals surface area contributed by atoms with Gasteiger partial charge in [-0.15, -0.1) is 0 Å². The zero-order valence-corrected chi connectivity index (χ0v) is 13.2. The van der Waals surface area contributed by atoms with Crippen molar-refractivity contribution in [2.45, 2.75) is 5.92 Å². The molecule has 0 saturated carbocycles. The molecule has 2 aromatic carbocycles. The highest BCUT2D eigenvalue weighted by molar-refractivity contribution is 5.73. The van der Waals surface area contributed by atoms with Crippen LogP contribution in [0.3, 0.4) is 0 Å². The van der Waals surface area contributed by atoms with Crippen molar-refractivity contribution in [2.75, 3.05) is 24.3 Å². The lowest BCUT2D eigenvalue weighted by Crippen LogP contribution is -2.16. The van der Waals surface area contributed by atoms with Gasteiger partial charge in [-0.25, -0.2) is 9.97 Å². The Hall–Kier alpha value is -2.88. The maximum atomic E-state index is 4.41. The van der Waals surface area contributed by atoms with Crippen LogP contribution in [0.15, 0.2) is 61.1 Å². The molecule has 1 aliphatic heterocycles. The largest absolute Gasteiger partial charge is 0.378 e. The van der Waals surface area contributed by atoms with Crippen LogP contribution in [0.1, 0.15) is 22.6 Å². The van der Waals surface area contributed by atoms with E-state index in [-0.39, 0.29) is 5.92 Å². The molecular formula is C19H18N4. The number of hydrogen-bond acceptors (Lipinski definition) is 4. The van der Waals surface area contributed by atoms with Crippen LogP contribution >= 0.6 is 0 Å². The first-order valence-electron chi connectivity index (χ1n) is 7.67. The van der Waals surface area contributed by atoms with Crippen LogP contribution in [0.2, 0.25) is 0 Å². The number of nitrogens with one attached hydrogen (secondary N) is 1. The fraction of sp³-hybridized carbons (Fsp3) is 0.158. The first kappa shape index (κ1) is 13.8. The summed E-state index contributed by atoms with van der Waals surface area (Å²) in [6.45, 7) is 0. The summed E-state index contributed by atoms with van der Waals surface area (Å²) in [5.41, 5.74) is 5.93. The van der Waals surface area contributed by atoms with Gasteiger partial charge in [-0.3, -0.25) is 0 Å². The second-order valence-electron chi connectivity index (χ2n) is 5.96. The molecular weight excluding hydrogens is 284 g/mol. The first-order valence-corrected chi connectivity index (χ1v) is 7.67. The second kappa shape index (κ2) is 5.39. The van der Waals surface area contributed by atoms with Gasteiger partial charge >= 0.3 is 0 Å². The highest BCUT2D eigenvalue weighted by Crippen LogP contribution is 2.43. The van der Waals surface area contributed by atoms with Gasteiger partial charge in [-0.2, -0.15) is 0 Å². The Morgan fingerprint density at radius 3 is 2.52 bits per heavy atom. The Bertz CT molecular complexity index is 794. The van der Waals surface area contributed by atoms with Gasteiger partial charge < -0.3 is 10.2 Å². The van der Waals surface area contributed by atoms with Crippen LogP contribution in [-0.4, -0.2) is 24.1 Å². The van der Waals surface area contributed by atoms with Crippen LogP contribution in [0.25, 0.3) is 0 Å². The summed E-state index contributed by atoms with van der Waals surface area (Å²) in [4.78, 5) is 10.8. The van der Waals surface area contributed by atoms with Crippen LogP contribution in [-0.2, 0) is 0 Å². The van der Waals surface area contributed by atoms with Crippen LogP contribution in [0.5, 0.6) is 0 Å². The summed E-state index contributed by atoms with van der Waals surface area (Å²) in [6, 6.07) is 17.1. The molecule has 1 aliphatic rings. The minimum absolute atomic E-state index is 0.153. The number of benzene rings is 2. The van der Waals surface area contributed by atoms with Gasteiger partial charge in [-0.1, -0.05) is 30.3 Å². The molecule has 0 radical (unpaired) electrons. The molecule has 0 spiro atoms. The molecule has 0 bridgehead atoms. The van der Waals surface area contributed by atoms with E-state index in [1.54, 1.807) is 6.33 Å². The standard InChI is InChI=1S/C19H18N4/c1-23(2)14-9-7-13(8-10-14)18-15-5-3-4-6-17(15)22-19-16(18)11-20-12-21-19/h3-12,18H,1-2H3,(H,20,21,22). The molecule has 4 rings (SSSR count). The molecule has 0 fully saturated rings. The number of anilines is 3. The summed E-state index contributed by atoms with van der Waals surface area (Å²) in [6.07, 6.45) is 3.50. The normalized spacial score (nSPS) is 15.3. The quantitative estimate of drug-likeness (QED) is 0.612. The van der Waals surface area contributed by atoms with E-state index < -0.39 is 0 Å². The van der Waals surface area contributed by atoms with Crippen LogP contribution in [0.4, 0.5) is 17.2 Å². The van der Waals surface area contributed by atoms with Crippen molar-refractivity contribution in [2.24, 2.45) is 0 Å². The molecule has 4 heteroatoms. The van der Waals surface area contributed by atoms with E-state index in [1.807, 2.05) is 12.3 Å². The van der Waals surface area contributed by atoms with Crippen LogP contribution in [0, 0.1) is 0 Å². The number of hydrogen-bond donors (Lipinski definition) is 1. The van der Waals surface area contributed by atoms with Crippen molar-refractivity contribution < 1.29 is 0 Å². The van der Waals surface area contributed by atoms with Gasteiger partial charge in [0.15, 0.2) is 0 Å². The topological polar surface area (TPSA) is 41.0 Å². The van der Waals surface area contributed by atoms with Crippen LogP contribution < -0.4 is 10.2 Å². The number of para-hydroxylation sites is 1. The predicted molar refractivity (Wildman–Crippen MR) is 93.5 cm³/mol. The maximum Gasteiger partial charge on any atom is 0.137 e. The maximum absolute atomic E-state index is 4.41. The molecule has 1 N–H and O–H groups in total. The summed E-state index contributed by atoms with van der Waals surface area (Å²) in [7, 11) is 4.11. The summed E-state index contributed by atoms with van der Waals surface area (Å²) >= 11 is 0. The Labute approximate surface area is 135 Å². The third-order valence-electron chi connectivity index (χ3n) is 4.32. The van der Waals surface area contributed by atoms with Gasteiger partial charge in [0, 0.05) is 43.1 Å². The average Bonchev–Trinajstić information content (AvgIpc) is 2.59. The van der Waals surface area contributed by atoms with Crippen molar-refractivity contribution in [1.82, 2.24) is 9.97 Å². The Morgan fingerprint density at radius 2 is 1.74 bits per heavy atom. The lowest BCUT2D eigenvalue weighted by molar-refractivity contribution is 0.926. The smallest absolute Gasteiger partial charge is 0.137 e. The SMILES string of the molecule is CN(C)c1ccc(C2c3ccccc3Nc3ncncc32)cc1. The average molecular weight is 302 g/mol. The molecule has 0 amide bonds. The highest BCUT2D eigenvalue weighted by atomic mass is 15.1. The van der Waals surface area contributed by atoms with E-state index in [9.17, 15) is 0 Å². The van der Waals surface area contributed by atoms with Gasteiger partial charge in [0.1, 0.15) is 12.1 Å².